The minimum Gasteiger partial charge on any atom is -0.255 e. The first-order valence-electron chi connectivity index (χ1n) is 8.49. The van der Waals surface area contributed by atoms with Gasteiger partial charge in [-0.15, -0.1) is 0 Å². The summed E-state index contributed by atoms with van der Waals surface area (Å²) in [6, 6.07) is 27.3. The zero-order chi connectivity index (χ0) is 16.6. The standard InChI is InChI=1S/C23H16N2/c1-2-8-17-16(7-1)15-20-18(17)9-5-10-19(20)21-12-6-13-23(25-21)22-11-3-4-14-24-22/h1-14H,15H2. The highest BCUT2D eigenvalue weighted by atomic mass is 14.8. The number of aromatic nitrogens is 2. The molecule has 0 saturated heterocycles. The van der Waals surface area contributed by atoms with Crippen LogP contribution in [0, 0.1) is 0 Å². The van der Waals surface area contributed by atoms with Gasteiger partial charge in [-0.05, 0) is 52.9 Å². The van der Waals surface area contributed by atoms with Crippen LogP contribution in [0.15, 0.2) is 85.1 Å². The van der Waals surface area contributed by atoms with Gasteiger partial charge in [0.05, 0.1) is 17.1 Å². The molecule has 2 aromatic heterocycles. The normalized spacial score (nSPS) is 11.8. The van der Waals surface area contributed by atoms with Crippen LogP contribution >= 0.6 is 0 Å². The fraction of sp³-hybridized carbons (Fsp3) is 0.0435. The molecule has 2 heteroatoms. The van der Waals surface area contributed by atoms with Crippen LogP contribution in [0.5, 0.6) is 0 Å². The van der Waals surface area contributed by atoms with Crippen molar-refractivity contribution in [3.8, 4) is 33.8 Å². The van der Waals surface area contributed by atoms with Crippen LogP contribution in [0.1, 0.15) is 11.1 Å². The van der Waals surface area contributed by atoms with Gasteiger partial charge in [-0.3, -0.25) is 4.98 Å². The highest BCUT2D eigenvalue weighted by Gasteiger charge is 2.21. The monoisotopic (exact) mass is 320 g/mol. The number of fused-ring (bicyclic) bond motifs is 3. The molecule has 0 bridgehead atoms. The average molecular weight is 320 g/mol. The summed E-state index contributed by atoms with van der Waals surface area (Å²) >= 11 is 0. The molecular formula is C23H16N2. The zero-order valence-electron chi connectivity index (χ0n) is 13.7. The maximum atomic E-state index is 4.89. The molecule has 0 fully saturated rings. The van der Waals surface area contributed by atoms with Gasteiger partial charge in [0.25, 0.3) is 0 Å². The predicted octanol–water partition coefficient (Wildman–Crippen LogP) is 5.38. The molecule has 25 heavy (non-hydrogen) atoms. The average Bonchev–Trinajstić information content (AvgIpc) is 3.07. The maximum Gasteiger partial charge on any atom is 0.0893 e. The lowest BCUT2D eigenvalue weighted by atomic mass is 9.98. The van der Waals surface area contributed by atoms with Crippen LogP contribution in [0.4, 0.5) is 0 Å². The Hall–Kier alpha value is -3.26. The van der Waals surface area contributed by atoms with Crippen molar-refractivity contribution in [2.45, 2.75) is 6.42 Å². The first kappa shape index (κ1) is 14.1. The lowest BCUT2D eigenvalue weighted by Crippen LogP contribution is -1.93. The minimum atomic E-state index is 0.903. The number of nitrogens with zero attached hydrogens (tertiary/aromatic N) is 2. The Labute approximate surface area is 146 Å². The molecule has 0 unspecified atom stereocenters. The molecule has 1 aliphatic carbocycles. The molecule has 0 saturated carbocycles. The van der Waals surface area contributed by atoms with E-state index in [4.69, 9.17) is 4.98 Å². The fourth-order valence-corrected chi connectivity index (χ4v) is 3.64. The van der Waals surface area contributed by atoms with E-state index in [1.54, 1.807) is 6.20 Å². The summed E-state index contributed by atoms with van der Waals surface area (Å²) in [6.45, 7) is 0. The van der Waals surface area contributed by atoms with Crippen molar-refractivity contribution in [3.05, 3.63) is 96.2 Å². The van der Waals surface area contributed by atoms with Crippen molar-refractivity contribution in [2.75, 3.05) is 0 Å². The van der Waals surface area contributed by atoms with E-state index in [-0.39, 0.29) is 0 Å². The lowest BCUT2D eigenvalue weighted by Gasteiger charge is -2.09. The molecule has 4 aromatic rings. The Kier molecular flexibility index (Phi) is 3.20. The summed E-state index contributed by atoms with van der Waals surface area (Å²) < 4.78 is 0. The molecule has 118 valence electrons. The Morgan fingerprint density at radius 3 is 2.20 bits per heavy atom. The summed E-state index contributed by atoms with van der Waals surface area (Å²) in [6.07, 6.45) is 2.78. The van der Waals surface area contributed by atoms with Crippen LogP contribution in [0.2, 0.25) is 0 Å². The van der Waals surface area contributed by atoms with E-state index in [9.17, 15) is 0 Å². The SMILES string of the molecule is c1ccc(-c2cccc(-c3cccc4c3Cc3ccccc3-4)n2)nc1. The summed E-state index contributed by atoms with van der Waals surface area (Å²) in [5, 5.41) is 0. The number of hydrogen-bond donors (Lipinski definition) is 0. The second-order valence-corrected chi connectivity index (χ2v) is 6.29. The first-order valence-corrected chi connectivity index (χ1v) is 8.49. The van der Waals surface area contributed by atoms with E-state index in [0.717, 1.165) is 23.5 Å². The van der Waals surface area contributed by atoms with Crippen molar-refractivity contribution in [3.63, 3.8) is 0 Å². The van der Waals surface area contributed by atoms with Crippen molar-refractivity contribution >= 4 is 0 Å². The molecule has 0 aliphatic heterocycles. The van der Waals surface area contributed by atoms with E-state index in [1.165, 1.54) is 27.8 Å². The Morgan fingerprint density at radius 1 is 0.560 bits per heavy atom. The Balaban J connectivity index is 1.65. The van der Waals surface area contributed by atoms with Crippen LogP contribution < -0.4 is 0 Å². The third kappa shape index (κ3) is 2.34. The third-order valence-corrected chi connectivity index (χ3v) is 4.80. The van der Waals surface area contributed by atoms with Crippen molar-refractivity contribution < 1.29 is 0 Å². The first-order chi connectivity index (χ1) is 12.4. The zero-order valence-corrected chi connectivity index (χ0v) is 13.7. The molecule has 0 amide bonds. The molecule has 2 nitrogen and oxygen atoms in total. The van der Waals surface area contributed by atoms with Crippen molar-refractivity contribution in [2.24, 2.45) is 0 Å². The molecule has 0 atom stereocenters. The van der Waals surface area contributed by atoms with Crippen LogP contribution in [0.3, 0.4) is 0 Å². The minimum absolute atomic E-state index is 0.903. The molecule has 0 radical (unpaired) electrons. The van der Waals surface area contributed by atoms with Gasteiger partial charge < -0.3 is 0 Å². The topological polar surface area (TPSA) is 25.8 Å². The van der Waals surface area contributed by atoms with E-state index in [0.29, 0.717) is 0 Å². The van der Waals surface area contributed by atoms with E-state index in [1.807, 2.05) is 24.3 Å². The third-order valence-electron chi connectivity index (χ3n) is 4.80. The number of benzene rings is 2. The maximum absolute atomic E-state index is 4.89. The molecule has 2 aromatic carbocycles. The molecular weight excluding hydrogens is 304 g/mol. The quantitative estimate of drug-likeness (QED) is 0.436. The van der Waals surface area contributed by atoms with Crippen LogP contribution in [-0.2, 0) is 6.42 Å². The molecule has 2 heterocycles. The lowest BCUT2D eigenvalue weighted by molar-refractivity contribution is 1.22. The van der Waals surface area contributed by atoms with Crippen LogP contribution in [-0.4, -0.2) is 9.97 Å². The van der Waals surface area contributed by atoms with Gasteiger partial charge in [0.2, 0.25) is 0 Å². The van der Waals surface area contributed by atoms with Crippen molar-refractivity contribution in [1.82, 2.24) is 9.97 Å². The second kappa shape index (κ2) is 5.67. The van der Waals surface area contributed by atoms with Gasteiger partial charge in [0, 0.05) is 11.8 Å². The summed E-state index contributed by atoms with van der Waals surface area (Å²) in [5.74, 6) is 0. The Bertz CT molecular complexity index is 1070. The molecule has 5 rings (SSSR count). The van der Waals surface area contributed by atoms with Crippen molar-refractivity contribution in [1.29, 1.82) is 0 Å². The van der Waals surface area contributed by atoms with Crippen LogP contribution in [0.25, 0.3) is 33.8 Å². The van der Waals surface area contributed by atoms with Gasteiger partial charge in [0.1, 0.15) is 0 Å². The van der Waals surface area contributed by atoms with Gasteiger partial charge in [-0.1, -0.05) is 54.6 Å². The van der Waals surface area contributed by atoms with E-state index in [2.05, 4.69) is 59.6 Å². The Morgan fingerprint density at radius 2 is 1.28 bits per heavy atom. The number of pyridine rings is 2. The molecule has 0 N–H and O–H groups in total. The van der Waals surface area contributed by atoms with E-state index < -0.39 is 0 Å². The van der Waals surface area contributed by atoms with E-state index >= 15 is 0 Å². The summed E-state index contributed by atoms with van der Waals surface area (Å²) in [5.41, 5.74) is 9.48. The summed E-state index contributed by atoms with van der Waals surface area (Å²) in [7, 11) is 0. The van der Waals surface area contributed by atoms with Gasteiger partial charge in [-0.2, -0.15) is 0 Å². The number of rotatable bonds is 2. The second-order valence-electron chi connectivity index (χ2n) is 6.29. The fourth-order valence-electron chi connectivity index (χ4n) is 3.64. The highest BCUT2D eigenvalue weighted by molar-refractivity contribution is 5.84. The molecule has 0 spiro atoms. The summed E-state index contributed by atoms with van der Waals surface area (Å²) in [4.78, 5) is 9.32. The predicted molar refractivity (Wildman–Crippen MR) is 101 cm³/mol. The van der Waals surface area contributed by atoms with Gasteiger partial charge in [-0.25, -0.2) is 4.98 Å². The number of hydrogen-bond acceptors (Lipinski definition) is 2. The largest absolute Gasteiger partial charge is 0.255 e. The molecule has 1 aliphatic rings. The smallest absolute Gasteiger partial charge is 0.0893 e. The highest BCUT2D eigenvalue weighted by Crippen LogP contribution is 2.41. The van der Waals surface area contributed by atoms with Gasteiger partial charge in [0.15, 0.2) is 0 Å². The van der Waals surface area contributed by atoms with Gasteiger partial charge >= 0.3 is 0 Å².